The molecule has 122 valence electrons. The molecule has 0 N–H and O–H groups in total. The molecule has 0 radical (unpaired) electrons. The van der Waals surface area contributed by atoms with E-state index in [1.165, 1.54) is 5.75 Å². The lowest BCUT2D eigenvalue weighted by molar-refractivity contribution is -0.131. The van der Waals surface area contributed by atoms with Crippen molar-refractivity contribution in [2.24, 2.45) is 0 Å². The number of thioether (sulfide) groups is 2. The first kappa shape index (κ1) is 15.4. The number of hydrogen-bond acceptors (Lipinski definition) is 5. The van der Waals surface area contributed by atoms with Crippen molar-refractivity contribution in [3.05, 3.63) is 30.2 Å². The van der Waals surface area contributed by atoms with Crippen LogP contribution in [0.4, 0.5) is 0 Å². The predicted octanol–water partition coefficient (Wildman–Crippen LogP) is 3.38. The Morgan fingerprint density at radius 2 is 2.04 bits per heavy atom. The summed E-state index contributed by atoms with van der Waals surface area (Å²) < 4.78 is 5.90. The van der Waals surface area contributed by atoms with E-state index in [9.17, 15) is 4.79 Å². The second-order valence-electron chi connectivity index (χ2n) is 6.05. The van der Waals surface area contributed by atoms with Gasteiger partial charge in [-0.3, -0.25) is 4.79 Å². The van der Waals surface area contributed by atoms with Crippen LogP contribution in [0.15, 0.2) is 28.7 Å². The molecular formula is C17H20N2O2S2. The van der Waals surface area contributed by atoms with E-state index in [2.05, 4.69) is 4.98 Å². The van der Waals surface area contributed by atoms with E-state index in [0.29, 0.717) is 11.8 Å². The van der Waals surface area contributed by atoms with Crippen molar-refractivity contribution in [2.45, 2.75) is 24.0 Å². The van der Waals surface area contributed by atoms with E-state index < -0.39 is 0 Å². The smallest absolute Gasteiger partial charge is 0.236 e. The van der Waals surface area contributed by atoms with Crippen molar-refractivity contribution < 1.29 is 9.21 Å². The van der Waals surface area contributed by atoms with Gasteiger partial charge in [-0.05, 0) is 25.0 Å². The lowest BCUT2D eigenvalue weighted by Crippen LogP contribution is -2.44. The van der Waals surface area contributed by atoms with Gasteiger partial charge in [0, 0.05) is 36.3 Å². The van der Waals surface area contributed by atoms with Crippen LogP contribution in [0, 0.1) is 0 Å². The van der Waals surface area contributed by atoms with Gasteiger partial charge in [0.25, 0.3) is 0 Å². The van der Waals surface area contributed by atoms with Crippen LogP contribution in [-0.2, 0) is 4.79 Å². The molecule has 0 unspecified atom stereocenters. The summed E-state index contributed by atoms with van der Waals surface area (Å²) in [4.78, 5) is 19.3. The maximum Gasteiger partial charge on any atom is 0.236 e. The number of hydrogen-bond donors (Lipinski definition) is 0. The van der Waals surface area contributed by atoms with E-state index in [-0.39, 0.29) is 5.25 Å². The summed E-state index contributed by atoms with van der Waals surface area (Å²) in [7, 11) is 0. The van der Waals surface area contributed by atoms with Crippen LogP contribution in [-0.4, -0.2) is 51.4 Å². The van der Waals surface area contributed by atoms with Crippen molar-refractivity contribution in [2.75, 3.05) is 30.3 Å². The number of likely N-dealkylation sites (tertiary alicyclic amines) is 1. The van der Waals surface area contributed by atoms with Gasteiger partial charge in [0.15, 0.2) is 11.5 Å². The summed E-state index contributed by atoms with van der Waals surface area (Å²) in [6, 6.07) is 7.90. The molecule has 1 aromatic heterocycles. The number of rotatable bonds is 2. The Kier molecular flexibility index (Phi) is 4.53. The van der Waals surface area contributed by atoms with E-state index in [1.807, 2.05) is 52.7 Å². The molecule has 2 aromatic rings. The Morgan fingerprint density at radius 3 is 2.78 bits per heavy atom. The number of carbonyl (C=O) groups is 1. The number of oxazole rings is 1. The fraction of sp³-hybridized carbons (Fsp3) is 0.529. The first-order valence-electron chi connectivity index (χ1n) is 8.15. The highest BCUT2D eigenvalue weighted by molar-refractivity contribution is 8.07. The maximum atomic E-state index is 12.6. The monoisotopic (exact) mass is 348 g/mol. The molecule has 1 atom stereocenters. The Morgan fingerprint density at radius 1 is 1.22 bits per heavy atom. The summed E-state index contributed by atoms with van der Waals surface area (Å²) in [5.41, 5.74) is 1.79. The molecule has 2 aliphatic heterocycles. The van der Waals surface area contributed by atoms with E-state index in [4.69, 9.17) is 4.42 Å². The number of nitrogens with zero attached hydrogens (tertiary/aromatic N) is 2. The van der Waals surface area contributed by atoms with E-state index >= 15 is 0 Å². The fourth-order valence-corrected chi connectivity index (χ4v) is 5.87. The molecule has 1 aromatic carbocycles. The molecule has 2 fully saturated rings. The number of aromatic nitrogens is 1. The second-order valence-corrected chi connectivity index (χ2v) is 8.51. The van der Waals surface area contributed by atoms with Crippen LogP contribution in [0.2, 0.25) is 0 Å². The van der Waals surface area contributed by atoms with Gasteiger partial charge in [-0.25, -0.2) is 4.98 Å². The maximum absolute atomic E-state index is 12.6. The predicted molar refractivity (Wildman–Crippen MR) is 96.1 cm³/mol. The first-order valence-corrected chi connectivity index (χ1v) is 10.4. The van der Waals surface area contributed by atoms with Crippen LogP contribution in [0.5, 0.6) is 0 Å². The summed E-state index contributed by atoms with van der Waals surface area (Å²) in [5, 5.41) is 0.162. The summed E-state index contributed by atoms with van der Waals surface area (Å²) in [6.07, 6.45) is 1.90. The van der Waals surface area contributed by atoms with Gasteiger partial charge >= 0.3 is 0 Å². The quantitative estimate of drug-likeness (QED) is 0.832. The van der Waals surface area contributed by atoms with Gasteiger partial charge in [-0.2, -0.15) is 11.8 Å². The number of fused-ring (bicyclic) bond motifs is 1. The van der Waals surface area contributed by atoms with Crippen molar-refractivity contribution in [1.82, 2.24) is 9.88 Å². The number of piperidine rings is 1. The largest absolute Gasteiger partial charge is 0.440 e. The zero-order chi connectivity index (χ0) is 15.6. The van der Waals surface area contributed by atoms with Crippen molar-refractivity contribution in [1.29, 1.82) is 0 Å². The first-order chi connectivity index (χ1) is 11.3. The van der Waals surface area contributed by atoms with Crippen LogP contribution in [0.25, 0.3) is 11.1 Å². The number of carbonyl (C=O) groups excluding carboxylic acids is 1. The van der Waals surface area contributed by atoms with Gasteiger partial charge in [0.2, 0.25) is 5.91 Å². The minimum atomic E-state index is 0.162. The zero-order valence-electron chi connectivity index (χ0n) is 12.9. The Hall–Kier alpha value is -1.14. The molecule has 6 heteroatoms. The normalized spacial score (nSPS) is 23.3. The molecule has 0 bridgehead atoms. The molecule has 2 aliphatic rings. The third kappa shape index (κ3) is 3.24. The highest BCUT2D eigenvalue weighted by Crippen LogP contribution is 2.32. The number of para-hydroxylation sites is 2. The zero-order valence-corrected chi connectivity index (χ0v) is 14.6. The van der Waals surface area contributed by atoms with Gasteiger partial charge in [-0.15, -0.1) is 11.8 Å². The highest BCUT2D eigenvalue weighted by atomic mass is 32.2. The van der Waals surface area contributed by atoms with Crippen LogP contribution < -0.4 is 0 Å². The Bertz CT molecular complexity index is 656. The molecule has 0 saturated carbocycles. The average molecular weight is 348 g/mol. The van der Waals surface area contributed by atoms with Gasteiger partial charge in [0.05, 0.1) is 5.25 Å². The third-order valence-corrected chi connectivity index (χ3v) is 7.30. The Labute approximate surface area is 144 Å². The number of amides is 1. The molecule has 23 heavy (non-hydrogen) atoms. The summed E-state index contributed by atoms with van der Waals surface area (Å²) in [6.45, 7) is 1.65. The fourth-order valence-electron chi connectivity index (χ4n) is 3.25. The van der Waals surface area contributed by atoms with Crippen LogP contribution >= 0.6 is 23.5 Å². The molecular weight excluding hydrogens is 328 g/mol. The molecule has 0 aliphatic carbocycles. The van der Waals surface area contributed by atoms with Crippen molar-refractivity contribution in [3.63, 3.8) is 0 Å². The van der Waals surface area contributed by atoms with Gasteiger partial charge < -0.3 is 9.32 Å². The number of benzene rings is 1. The van der Waals surface area contributed by atoms with Gasteiger partial charge in [-0.1, -0.05) is 12.1 Å². The van der Waals surface area contributed by atoms with E-state index in [0.717, 1.165) is 54.4 Å². The SMILES string of the molecule is O=C([C@@H]1CSCCS1)N1CCC(c2nc3ccccc3o2)CC1. The minimum Gasteiger partial charge on any atom is -0.440 e. The lowest BCUT2D eigenvalue weighted by atomic mass is 9.96. The lowest BCUT2D eigenvalue weighted by Gasteiger charge is -2.33. The summed E-state index contributed by atoms with van der Waals surface area (Å²) >= 11 is 3.72. The van der Waals surface area contributed by atoms with Crippen molar-refractivity contribution >= 4 is 40.5 Å². The van der Waals surface area contributed by atoms with E-state index in [1.54, 1.807) is 0 Å². The molecule has 4 nitrogen and oxygen atoms in total. The van der Waals surface area contributed by atoms with Crippen LogP contribution in [0.1, 0.15) is 24.7 Å². The molecule has 1 amide bonds. The standard InChI is InChI=1S/C17H20N2O2S2/c20-17(15-11-22-9-10-23-15)19-7-5-12(6-8-19)16-18-13-3-1-2-4-14(13)21-16/h1-4,12,15H,5-11H2/t15-/m0/s1. The molecule has 4 rings (SSSR count). The average Bonchev–Trinajstić information content (AvgIpc) is 3.06. The van der Waals surface area contributed by atoms with Crippen LogP contribution in [0.3, 0.4) is 0 Å². The molecule has 2 saturated heterocycles. The second kappa shape index (κ2) is 6.77. The third-order valence-electron chi connectivity index (χ3n) is 4.56. The molecule has 0 spiro atoms. The topological polar surface area (TPSA) is 46.3 Å². The van der Waals surface area contributed by atoms with Crippen molar-refractivity contribution in [3.8, 4) is 0 Å². The minimum absolute atomic E-state index is 0.162. The summed E-state index contributed by atoms with van der Waals surface area (Å²) in [5.74, 6) is 4.74. The van der Waals surface area contributed by atoms with Gasteiger partial charge in [0.1, 0.15) is 5.52 Å². The molecule has 3 heterocycles. The Balaban J connectivity index is 1.39. The highest BCUT2D eigenvalue weighted by Gasteiger charge is 2.31.